The molecule has 27 heavy (non-hydrogen) atoms. The lowest BCUT2D eigenvalue weighted by Crippen LogP contribution is -2.28. The highest BCUT2D eigenvalue weighted by Crippen LogP contribution is 2.21. The average molecular weight is 366 g/mol. The van der Waals surface area contributed by atoms with Gasteiger partial charge in [-0.2, -0.15) is 0 Å². The van der Waals surface area contributed by atoms with Gasteiger partial charge in [0.15, 0.2) is 12.4 Å². The third kappa shape index (κ3) is 5.17. The Bertz CT molecular complexity index is 842. The van der Waals surface area contributed by atoms with Crippen LogP contribution in [-0.4, -0.2) is 30.2 Å². The van der Waals surface area contributed by atoms with Crippen molar-refractivity contribution < 1.29 is 19.1 Å². The van der Waals surface area contributed by atoms with Gasteiger partial charge in [-0.15, -0.1) is 0 Å². The number of amides is 2. The molecule has 0 radical (unpaired) electrons. The molecule has 0 aromatic heterocycles. The van der Waals surface area contributed by atoms with Crippen LogP contribution in [0.5, 0.6) is 5.75 Å². The molecule has 1 fully saturated rings. The minimum atomic E-state index is -0.365. The Kier molecular flexibility index (Phi) is 5.86. The summed E-state index contributed by atoms with van der Waals surface area (Å²) in [5.74, 6) is -0.00109. The van der Waals surface area contributed by atoms with Crippen molar-refractivity contribution in [1.82, 2.24) is 5.32 Å². The third-order valence-electron chi connectivity index (χ3n) is 4.23. The highest BCUT2D eigenvalue weighted by Gasteiger charge is 2.25. The van der Waals surface area contributed by atoms with Gasteiger partial charge in [0, 0.05) is 18.0 Å². The van der Waals surface area contributed by atoms with Gasteiger partial charge in [-0.05, 0) is 49.2 Å². The molecular weight excluding hydrogens is 344 g/mol. The third-order valence-corrected chi connectivity index (χ3v) is 4.23. The Hall–Kier alpha value is -3.15. The molecule has 2 N–H and O–H groups in total. The van der Waals surface area contributed by atoms with Gasteiger partial charge in [0.1, 0.15) is 5.75 Å². The van der Waals surface area contributed by atoms with Crippen LogP contribution in [0.3, 0.4) is 0 Å². The molecule has 2 aromatic carbocycles. The van der Waals surface area contributed by atoms with E-state index < -0.39 is 0 Å². The van der Waals surface area contributed by atoms with Crippen LogP contribution in [0, 0.1) is 0 Å². The number of ether oxygens (including phenoxy) is 1. The molecule has 0 unspecified atom stereocenters. The summed E-state index contributed by atoms with van der Waals surface area (Å²) in [6, 6.07) is 13.8. The normalized spacial score (nSPS) is 12.9. The first kappa shape index (κ1) is 18.6. The van der Waals surface area contributed by atoms with Crippen LogP contribution in [0.4, 0.5) is 5.69 Å². The molecule has 6 nitrogen and oxygen atoms in total. The molecule has 0 bridgehead atoms. The van der Waals surface area contributed by atoms with E-state index in [-0.39, 0.29) is 30.2 Å². The molecule has 2 aromatic rings. The van der Waals surface area contributed by atoms with E-state index in [0.29, 0.717) is 29.0 Å². The largest absolute Gasteiger partial charge is 0.484 e. The van der Waals surface area contributed by atoms with Crippen LogP contribution in [-0.2, 0) is 4.79 Å². The van der Waals surface area contributed by atoms with Crippen molar-refractivity contribution in [2.45, 2.75) is 32.2 Å². The number of hydrogen-bond donors (Lipinski definition) is 2. The van der Waals surface area contributed by atoms with E-state index in [1.54, 1.807) is 55.5 Å². The highest BCUT2D eigenvalue weighted by atomic mass is 16.5. The van der Waals surface area contributed by atoms with Crippen molar-refractivity contribution >= 4 is 23.3 Å². The van der Waals surface area contributed by atoms with Crippen molar-refractivity contribution in [3.63, 3.8) is 0 Å². The first-order valence-electron chi connectivity index (χ1n) is 9.02. The SMILES string of the molecule is CCC(=O)c1ccc(OCC(=O)Nc2ccccc2C(=O)NC2CC2)cc1. The number of benzene rings is 2. The smallest absolute Gasteiger partial charge is 0.262 e. The second-order valence-corrected chi connectivity index (χ2v) is 6.43. The number of nitrogens with one attached hydrogen (secondary N) is 2. The van der Waals surface area contributed by atoms with E-state index in [2.05, 4.69) is 10.6 Å². The van der Waals surface area contributed by atoms with E-state index >= 15 is 0 Å². The monoisotopic (exact) mass is 366 g/mol. The Labute approximate surface area is 157 Å². The minimum absolute atomic E-state index is 0.0559. The molecule has 1 saturated carbocycles. The molecule has 140 valence electrons. The molecule has 0 saturated heterocycles. The molecule has 6 heteroatoms. The summed E-state index contributed by atoms with van der Waals surface area (Å²) < 4.78 is 5.46. The summed E-state index contributed by atoms with van der Waals surface area (Å²) in [5.41, 5.74) is 1.50. The first-order valence-corrected chi connectivity index (χ1v) is 9.02. The van der Waals surface area contributed by atoms with Gasteiger partial charge in [0.25, 0.3) is 11.8 Å². The van der Waals surface area contributed by atoms with Crippen molar-refractivity contribution in [1.29, 1.82) is 0 Å². The maximum atomic E-state index is 12.3. The lowest BCUT2D eigenvalue weighted by molar-refractivity contribution is -0.118. The Morgan fingerprint density at radius 2 is 1.74 bits per heavy atom. The van der Waals surface area contributed by atoms with Gasteiger partial charge in [0.2, 0.25) is 0 Å². The molecule has 0 heterocycles. The summed E-state index contributed by atoms with van der Waals surface area (Å²) in [4.78, 5) is 36.1. The van der Waals surface area contributed by atoms with Gasteiger partial charge in [-0.25, -0.2) is 0 Å². The lowest BCUT2D eigenvalue weighted by Gasteiger charge is -2.12. The number of Topliss-reactive ketones (excluding diaryl/α,β-unsaturated/α-hetero) is 1. The fourth-order valence-electron chi connectivity index (χ4n) is 2.56. The number of carbonyl (C=O) groups is 3. The molecule has 1 aliphatic rings. The van der Waals surface area contributed by atoms with Gasteiger partial charge in [0.05, 0.1) is 11.3 Å². The maximum Gasteiger partial charge on any atom is 0.262 e. The van der Waals surface area contributed by atoms with E-state index in [1.807, 2.05) is 0 Å². The molecule has 3 rings (SSSR count). The van der Waals surface area contributed by atoms with E-state index in [1.165, 1.54) is 0 Å². The molecule has 0 atom stereocenters. The lowest BCUT2D eigenvalue weighted by atomic mass is 10.1. The van der Waals surface area contributed by atoms with Crippen LogP contribution < -0.4 is 15.4 Å². The zero-order valence-corrected chi connectivity index (χ0v) is 15.2. The van der Waals surface area contributed by atoms with Gasteiger partial charge >= 0.3 is 0 Å². The Morgan fingerprint density at radius 3 is 2.41 bits per heavy atom. The number of para-hydroxylation sites is 1. The van der Waals surface area contributed by atoms with Crippen LogP contribution in [0.25, 0.3) is 0 Å². The highest BCUT2D eigenvalue weighted by molar-refractivity contribution is 6.04. The van der Waals surface area contributed by atoms with Crippen LogP contribution in [0.1, 0.15) is 46.9 Å². The quantitative estimate of drug-likeness (QED) is 0.703. The van der Waals surface area contributed by atoms with Crippen LogP contribution >= 0.6 is 0 Å². The zero-order valence-electron chi connectivity index (χ0n) is 15.2. The standard InChI is InChI=1S/C21H22N2O4/c1-2-19(24)14-7-11-16(12-8-14)27-13-20(25)23-18-6-4-3-5-17(18)21(26)22-15-9-10-15/h3-8,11-12,15H,2,9-10,13H2,1H3,(H,22,26)(H,23,25). The predicted molar refractivity (Wildman–Crippen MR) is 102 cm³/mol. The average Bonchev–Trinajstić information content (AvgIpc) is 3.50. The zero-order chi connectivity index (χ0) is 19.2. The summed E-state index contributed by atoms with van der Waals surface area (Å²) in [6.45, 7) is 1.61. The number of anilines is 1. The second-order valence-electron chi connectivity index (χ2n) is 6.43. The van der Waals surface area contributed by atoms with Gasteiger partial charge in [-0.3, -0.25) is 14.4 Å². The second kappa shape index (κ2) is 8.49. The molecular formula is C21H22N2O4. The molecule has 0 aliphatic heterocycles. The molecule has 0 spiro atoms. The Balaban J connectivity index is 1.56. The summed E-state index contributed by atoms with van der Waals surface area (Å²) >= 11 is 0. The van der Waals surface area contributed by atoms with E-state index in [9.17, 15) is 14.4 Å². The van der Waals surface area contributed by atoms with E-state index in [0.717, 1.165) is 12.8 Å². The first-order chi connectivity index (χ1) is 13.1. The number of ketones is 1. The van der Waals surface area contributed by atoms with E-state index in [4.69, 9.17) is 4.74 Å². The van der Waals surface area contributed by atoms with Crippen molar-refractivity contribution in [3.05, 3.63) is 59.7 Å². The van der Waals surface area contributed by atoms with Crippen molar-refractivity contribution in [2.75, 3.05) is 11.9 Å². The number of hydrogen-bond acceptors (Lipinski definition) is 4. The summed E-state index contributed by atoms with van der Waals surface area (Å²) in [5, 5.41) is 5.63. The maximum absolute atomic E-state index is 12.3. The molecule has 1 aliphatic carbocycles. The van der Waals surface area contributed by atoms with Crippen LogP contribution in [0.2, 0.25) is 0 Å². The summed E-state index contributed by atoms with van der Waals surface area (Å²) in [7, 11) is 0. The number of rotatable bonds is 8. The van der Waals surface area contributed by atoms with Gasteiger partial charge < -0.3 is 15.4 Å². The minimum Gasteiger partial charge on any atom is -0.484 e. The predicted octanol–water partition coefficient (Wildman–Crippen LogP) is 3.19. The van der Waals surface area contributed by atoms with Crippen LogP contribution in [0.15, 0.2) is 48.5 Å². The molecule has 2 amide bonds. The summed E-state index contributed by atoms with van der Waals surface area (Å²) in [6.07, 6.45) is 2.43. The van der Waals surface area contributed by atoms with Gasteiger partial charge in [-0.1, -0.05) is 19.1 Å². The van der Waals surface area contributed by atoms with Crippen molar-refractivity contribution in [2.24, 2.45) is 0 Å². The fourth-order valence-corrected chi connectivity index (χ4v) is 2.56. The van der Waals surface area contributed by atoms with Crippen molar-refractivity contribution in [3.8, 4) is 5.75 Å². The fraction of sp³-hybridized carbons (Fsp3) is 0.286. The topological polar surface area (TPSA) is 84.5 Å². The number of carbonyl (C=O) groups excluding carboxylic acids is 3. The Morgan fingerprint density at radius 1 is 1.04 bits per heavy atom.